The molecular formula is C16H25N3O2. The fourth-order valence-electron chi connectivity index (χ4n) is 2.11. The number of amides is 2. The minimum Gasteiger partial charge on any atom is -0.352 e. The number of benzene rings is 1. The topological polar surface area (TPSA) is 75.4 Å². The fraction of sp³-hybridized carbons (Fsp3) is 0.500. The molecule has 5 heteroatoms. The van der Waals surface area contributed by atoms with Gasteiger partial charge in [0.2, 0.25) is 5.91 Å². The normalized spacial score (nSPS) is 10.2. The van der Waals surface area contributed by atoms with E-state index in [9.17, 15) is 9.59 Å². The van der Waals surface area contributed by atoms with Gasteiger partial charge in [0.1, 0.15) is 0 Å². The van der Waals surface area contributed by atoms with Crippen LogP contribution in [-0.4, -0.2) is 42.9 Å². The number of hydrogen-bond acceptors (Lipinski definition) is 3. The zero-order valence-corrected chi connectivity index (χ0v) is 12.9. The Labute approximate surface area is 126 Å². The second-order valence-electron chi connectivity index (χ2n) is 4.81. The Hall–Kier alpha value is -1.88. The first-order chi connectivity index (χ1) is 10.1. The van der Waals surface area contributed by atoms with Crippen molar-refractivity contribution in [2.75, 3.05) is 26.2 Å². The molecule has 0 aliphatic heterocycles. The number of nitrogens with zero attached hydrogens (tertiary/aromatic N) is 1. The average molecular weight is 291 g/mol. The Morgan fingerprint density at radius 3 is 2.29 bits per heavy atom. The largest absolute Gasteiger partial charge is 0.352 e. The Balaban J connectivity index is 2.41. The van der Waals surface area contributed by atoms with E-state index in [0.717, 1.165) is 12.0 Å². The summed E-state index contributed by atoms with van der Waals surface area (Å²) in [6.07, 6.45) is 1.14. The standard InChI is InChI=1S/C16H25N3O2/c1-3-19(4-2)15(20)10-12-18-16(21)14-7-5-13(6-8-14)9-11-17/h5-8H,3-4,9-12,17H2,1-2H3,(H,18,21). The molecule has 0 radical (unpaired) electrons. The maximum atomic E-state index is 11.9. The van der Waals surface area contributed by atoms with Gasteiger partial charge >= 0.3 is 0 Å². The van der Waals surface area contributed by atoms with E-state index in [2.05, 4.69) is 5.32 Å². The second kappa shape index (κ2) is 9.13. The van der Waals surface area contributed by atoms with Gasteiger partial charge in [0.15, 0.2) is 0 Å². The van der Waals surface area contributed by atoms with Crippen molar-refractivity contribution in [1.82, 2.24) is 10.2 Å². The number of hydrogen-bond donors (Lipinski definition) is 2. The van der Waals surface area contributed by atoms with E-state index in [0.29, 0.717) is 38.2 Å². The Bertz CT molecular complexity index is 453. The monoisotopic (exact) mass is 291 g/mol. The van der Waals surface area contributed by atoms with Gasteiger partial charge in [0.25, 0.3) is 5.91 Å². The molecule has 0 aromatic heterocycles. The van der Waals surface area contributed by atoms with E-state index in [1.807, 2.05) is 26.0 Å². The van der Waals surface area contributed by atoms with E-state index in [4.69, 9.17) is 5.73 Å². The van der Waals surface area contributed by atoms with Gasteiger partial charge in [-0.15, -0.1) is 0 Å². The zero-order valence-electron chi connectivity index (χ0n) is 12.9. The molecule has 1 aromatic rings. The van der Waals surface area contributed by atoms with Gasteiger partial charge in [-0.1, -0.05) is 12.1 Å². The molecule has 0 fully saturated rings. The van der Waals surface area contributed by atoms with Crippen molar-refractivity contribution in [3.8, 4) is 0 Å². The summed E-state index contributed by atoms with van der Waals surface area (Å²) in [6, 6.07) is 7.38. The molecule has 0 saturated heterocycles. The summed E-state index contributed by atoms with van der Waals surface area (Å²) in [7, 11) is 0. The van der Waals surface area contributed by atoms with Crippen molar-refractivity contribution in [2.45, 2.75) is 26.7 Å². The molecule has 0 saturated carbocycles. The SMILES string of the molecule is CCN(CC)C(=O)CCNC(=O)c1ccc(CCN)cc1. The zero-order chi connectivity index (χ0) is 15.7. The highest BCUT2D eigenvalue weighted by atomic mass is 16.2. The molecule has 0 aliphatic rings. The van der Waals surface area contributed by atoms with Crippen LogP contribution in [0.15, 0.2) is 24.3 Å². The summed E-state index contributed by atoms with van der Waals surface area (Å²) in [6.45, 7) is 6.25. The molecule has 0 heterocycles. The van der Waals surface area contributed by atoms with E-state index in [-0.39, 0.29) is 11.8 Å². The van der Waals surface area contributed by atoms with Crippen LogP contribution in [0.4, 0.5) is 0 Å². The van der Waals surface area contributed by atoms with Crippen LogP contribution in [0.3, 0.4) is 0 Å². The van der Waals surface area contributed by atoms with Crippen molar-refractivity contribution in [2.24, 2.45) is 5.73 Å². The number of carbonyl (C=O) groups is 2. The van der Waals surface area contributed by atoms with E-state index in [1.54, 1.807) is 17.0 Å². The van der Waals surface area contributed by atoms with E-state index < -0.39 is 0 Å². The summed E-state index contributed by atoms with van der Waals surface area (Å²) in [5.74, 6) is -0.0831. The lowest BCUT2D eigenvalue weighted by Gasteiger charge is -2.18. The van der Waals surface area contributed by atoms with Crippen LogP contribution in [0.1, 0.15) is 36.2 Å². The lowest BCUT2D eigenvalue weighted by molar-refractivity contribution is -0.130. The summed E-state index contributed by atoms with van der Waals surface area (Å²) < 4.78 is 0. The summed E-state index contributed by atoms with van der Waals surface area (Å²) in [4.78, 5) is 25.5. The number of carbonyl (C=O) groups excluding carboxylic acids is 2. The minimum absolute atomic E-state index is 0.0681. The summed E-state index contributed by atoms with van der Waals surface area (Å²) >= 11 is 0. The first kappa shape index (κ1) is 17.2. The van der Waals surface area contributed by atoms with Gasteiger partial charge in [-0.05, 0) is 44.5 Å². The lowest BCUT2D eigenvalue weighted by atomic mass is 10.1. The maximum Gasteiger partial charge on any atom is 0.251 e. The highest BCUT2D eigenvalue weighted by molar-refractivity contribution is 5.94. The molecule has 2 amide bonds. The molecule has 0 spiro atoms. The quantitative estimate of drug-likeness (QED) is 0.755. The van der Waals surface area contributed by atoms with Crippen molar-refractivity contribution in [1.29, 1.82) is 0 Å². The summed E-state index contributed by atoms with van der Waals surface area (Å²) in [5.41, 5.74) is 7.20. The van der Waals surface area contributed by atoms with Crippen LogP contribution in [-0.2, 0) is 11.2 Å². The predicted octanol–water partition coefficient (Wildman–Crippen LogP) is 1.18. The van der Waals surface area contributed by atoms with Gasteiger partial charge < -0.3 is 16.0 Å². The van der Waals surface area contributed by atoms with Crippen LogP contribution >= 0.6 is 0 Å². The molecule has 116 valence electrons. The molecular weight excluding hydrogens is 266 g/mol. The third kappa shape index (κ3) is 5.55. The first-order valence-corrected chi connectivity index (χ1v) is 7.47. The van der Waals surface area contributed by atoms with Crippen molar-refractivity contribution in [3.05, 3.63) is 35.4 Å². The first-order valence-electron chi connectivity index (χ1n) is 7.47. The summed E-state index contributed by atoms with van der Waals surface area (Å²) in [5, 5.41) is 2.77. The molecule has 0 unspecified atom stereocenters. The highest BCUT2D eigenvalue weighted by Gasteiger charge is 2.10. The molecule has 21 heavy (non-hydrogen) atoms. The minimum atomic E-state index is -0.151. The molecule has 3 N–H and O–H groups in total. The van der Waals surface area contributed by atoms with Gasteiger partial charge in [-0.3, -0.25) is 9.59 Å². The lowest BCUT2D eigenvalue weighted by Crippen LogP contribution is -2.34. The Morgan fingerprint density at radius 2 is 1.76 bits per heavy atom. The van der Waals surface area contributed by atoms with Crippen LogP contribution in [0.5, 0.6) is 0 Å². The molecule has 0 atom stereocenters. The molecule has 0 bridgehead atoms. The Morgan fingerprint density at radius 1 is 1.14 bits per heavy atom. The van der Waals surface area contributed by atoms with Crippen LogP contribution < -0.4 is 11.1 Å². The Kier molecular flexibility index (Phi) is 7.46. The molecule has 5 nitrogen and oxygen atoms in total. The predicted molar refractivity (Wildman–Crippen MR) is 84.1 cm³/mol. The fourth-order valence-corrected chi connectivity index (χ4v) is 2.11. The number of nitrogens with one attached hydrogen (secondary N) is 1. The van der Waals surface area contributed by atoms with E-state index in [1.165, 1.54) is 0 Å². The molecule has 1 aromatic carbocycles. The van der Waals surface area contributed by atoms with Gasteiger partial charge in [0.05, 0.1) is 0 Å². The highest BCUT2D eigenvalue weighted by Crippen LogP contribution is 2.05. The number of nitrogens with two attached hydrogens (primary N) is 1. The second-order valence-corrected chi connectivity index (χ2v) is 4.81. The molecule has 1 rings (SSSR count). The third-order valence-electron chi connectivity index (χ3n) is 3.39. The third-order valence-corrected chi connectivity index (χ3v) is 3.39. The van der Waals surface area contributed by atoms with Crippen molar-refractivity contribution < 1.29 is 9.59 Å². The van der Waals surface area contributed by atoms with Crippen molar-refractivity contribution >= 4 is 11.8 Å². The molecule has 0 aliphatic carbocycles. The average Bonchev–Trinajstić information content (AvgIpc) is 2.49. The van der Waals surface area contributed by atoms with Crippen LogP contribution in [0.2, 0.25) is 0 Å². The van der Waals surface area contributed by atoms with E-state index >= 15 is 0 Å². The smallest absolute Gasteiger partial charge is 0.251 e. The number of rotatable bonds is 8. The van der Waals surface area contributed by atoms with Crippen molar-refractivity contribution in [3.63, 3.8) is 0 Å². The van der Waals surface area contributed by atoms with Crippen LogP contribution in [0.25, 0.3) is 0 Å². The van der Waals surface area contributed by atoms with Gasteiger partial charge in [-0.25, -0.2) is 0 Å². The van der Waals surface area contributed by atoms with Gasteiger partial charge in [-0.2, -0.15) is 0 Å². The van der Waals surface area contributed by atoms with Gasteiger partial charge in [0, 0.05) is 31.6 Å². The van der Waals surface area contributed by atoms with Crippen LogP contribution in [0, 0.1) is 0 Å². The maximum absolute atomic E-state index is 11.9.